The first-order valence-corrected chi connectivity index (χ1v) is 7.51. The summed E-state index contributed by atoms with van der Waals surface area (Å²) in [4.78, 5) is 18.9. The molecule has 3 rings (SSSR count). The zero-order valence-electron chi connectivity index (χ0n) is 12.4. The molecule has 0 saturated heterocycles. The second kappa shape index (κ2) is 6.66. The predicted molar refractivity (Wildman–Crippen MR) is 86.9 cm³/mol. The monoisotopic (exact) mass is 330 g/mol. The van der Waals surface area contributed by atoms with E-state index in [9.17, 15) is 4.79 Å². The van der Waals surface area contributed by atoms with E-state index in [1.165, 1.54) is 4.85 Å². The second-order valence-electron chi connectivity index (χ2n) is 5.05. The van der Waals surface area contributed by atoms with E-state index < -0.39 is 6.10 Å². The zero-order valence-corrected chi connectivity index (χ0v) is 13.2. The molecule has 0 aliphatic carbocycles. The number of aromatic nitrogens is 3. The lowest BCUT2D eigenvalue weighted by Gasteiger charge is -2.13. The van der Waals surface area contributed by atoms with Gasteiger partial charge >= 0.3 is 0 Å². The van der Waals surface area contributed by atoms with Crippen LogP contribution in [0.4, 0.5) is 0 Å². The van der Waals surface area contributed by atoms with Crippen LogP contribution < -0.4 is 10.2 Å². The fourth-order valence-corrected chi connectivity index (χ4v) is 2.24. The summed E-state index contributed by atoms with van der Waals surface area (Å²) in [7, 11) is 0. The summed E-state index contributed by atoms with van der Waals surface area (Å²) < 4.78 is 0. The summed E-state index contributed by atoms with van der Waals surface area (Å²) in [5, 5.41) is 11.2. The Morgan fingerprint density at radius 1 is 1.30 bits per heavy atom. The highest BCUT2D eigenvalue weighted by Gasteiger charge is 2.17. The lowest BCUT2D eigenvalue weighted by Crippen LogP contribution is -2.39. The van der Waals surface area contributed by atoms with Gasteiger partial charge in [-0.15, -0.1) is 5.10 Å². The van der Waals surface area contributed by atoms with Crippen molar-refractivity contribution in [2.45, 2.75) is 19.6 Å². The number of carbonyl (C=O) groups is 1. The van der Waals surface area contributed by atoms with Crippen LogP contribution in [0.1, 0.15) is 12.5 Å². The highest BCUT2D eigenvalue weighted by molar-refractivity contribution is 6.31. The van der Waals surface area contributed by atoms with Crippen LogP contribution in [0, 0.1) is 0 Å². The number of hydrogen-bond acceptors (Lipinski definition) is 4. The van der Waals surface area contributed by atoms with Crippen LogP contribution >= 0.6 is 11.6 Å². The van der Waals surface area contributed by atoms with Crippen LogP contribution in [0.5, 0.6) is 0 Å². The Morgan fingerprint density at radius 3 is 2.87 bits per heavy atom. The molecule has 0 aliphatic rings. The summed E-state index contributed by atoms with van der Waals surface area (Å²) in [5.41, 5.74) is 2.28. The number of benzene rings is 2. The molecule has 3 aromatic rings. The zero-order chi connectivity index (χ0) is 16.2. The van der Waals surface area contributed by atoms with Gasteiger partial charge in [0.1, 0.15) is 11.0 Å². The summed E-state index contributed by atoms with van der Waals surface area (Å²) in [6.07, 6.45) is -0.720. The average molecular weight is 331 g/mol. The first-order chi connectivity index (χ1) is 11.1. The Kier molecular flexibility index (Phi) is 4.43. The lowest BCUT2D eigenvalue weighted by molar-refractivity contribution is -0.133. The normalized spacial score (nSPS) is 12.1. The summed E-state index contributed by atoms with van der Waals surface area (Å²) >= 11 is 5.96. The van der Waals surface area contributed by atoms with Crippen LogP contribution in [-0.2, 0) is 11.3 Å². The molecule has 0 spiro atoms. The molecule has 1 atom stereocenters. The number of rotatable bonds is 5. The summed E-state index contributed by atoms with van der Waals surface area (Å²) in [6.45, 7) is 2.09. The van der Waals surface area contributed by atoms with E-state index in [0.29, 0.717) is 22.6 Å². The molecule has 1 aromatic heterocycles. The largest absolute Gasteiger partial charge is 0.382 e. The molecule has 0 unspecified atom stereocenters. The van der Waals surface area contributed by atoms with Crippen molar-refractivity contribution in [1.29, 1.82) is 0 Å². The van der Waals surface area contributed by atoms with Crippen LogP contribution in [0.3, 0.4) is 0 Å². The first-order valence-electron chi connectivity index (χ1n) is 7.13. The van der Waals surface area contributed by atoms with Crippen molar-refractivity contribution in [3.05, 3.63) is 59.1 Å². The highest BCUT2D eigenvalue weighted by Crippen LogP contribution is 2.16. The number of amides is 1. The van der Waals surface area contributed by atoms with Gasteiger partial charge in [0.25, 0.3) is 5.91 Å². The molecule has 7 heteroatoms. The maximum Gasteiger partial charge on any atom is 0.263 e. The molecule has 0 aliphatic heterocycles. The number of fused-ring (bicyclic) bond motifs is 1. The number of carbonyl (C=O) groups excluding carboxylic acids is 1. The number of nitrogens with zero attached hydrogens (tertiary/aromatic N) is 3. The number of halogens is 1. The van der Waals surface area contributed by atoms with Crippen molar-refractivity contribution < 1.29 is 9.63 Å². The predicted octanol–water partition coefficient (Wildman–Crippen LogP) is 2.22. The van der Waals surface area contributed by atoms with Gasteiger partial charge in [-0.3, -0.25) is 4.79 Å². The van der Waals surface area contributed by atoms with Crippen LogP contribution in [0.2, 0.25) is 5.02 Å². The quantitative estimate of drug-likeness (QED) is 0.778. The second-order valence-corrected chi connectivity index (χ2v) is 5.48. The molecule has 23 heavy (non-hydrogen) atoms. The minimum absolute atomic E-state index is 0.237. The van der Waals surface area contributed by atoms with E-state index in [2.05, 4.69) is 15.6 Å². The van der Waals surface area contributed by atoms with E-state index in [-0.39, 0.29) is 5.91 Å². The molecule has 6 nitrogen and oxygen atoms in total. The Hall–Kier alpha value is -2.60. The van der Waals surface area contributed by atoms with E-state index in [1.807, 2.05) is 30.3 Å². The van der Waals surface area contributed by atoms with Gasteiger partial charge in [-0.1, -0.05) is 46.8 Å². The van der Waals surface area contributed by atoms with Crippen LogP contribution in [-0.4, -0.2) is 27.2 Å². The van der Waals surface area contributed by atoms with Crippen molar-refractivity contribution in [2.75, 3.05) is 0 Å². The van der Waals surface area contributed by atoms with Crippen LogP contribution in [0.15, 0.2) is 48.5 Å². The van der Waals surface area contributed by atoms with Gasteiger partial charge in [0.15, 0.2) is 0 Å². The third-order valence-corrected chi connectivity index (χ3v) is 3.55. The number of hydrogen-bond donors (Lipinski definition) is 1. The molecule has 0 bridgehead atoms. The topological polar surface area (TPSA) is 69.0 Å². The Labute approximate surface area is 138 Å². The smallest absolute Gasteiger partial charge is 0.263 e. The van der Waals surface area contributed by atoms with Gasteiger partial charge < -0.3 is 10.2 Å². The van der Waals surface area contributed by atoms with Gasteiger partial charge in [-0.2, -0.15) is 0 Å². The Morgan fingerprint density at radius 2 is 2.09 bits per heavy atom. The third-order valence-electron chi connectivity index (χ3n) is 3.31. The van der Waals surface area contributed by atoms with Gasteiger partial charge in [0, 0.05) is 11.6 Å². The maximum atomic E-state index is 12.1. The highest BCUT2D eigenvalue weighted by atomic mass is 35.5. The average Bonchev–Trinajstić information content (AvgIpc) is 2.95. The molecule has 0 saturated carbocycles. The minimum Gasteiger partial charge on any atom is -0.382 e. The summed E-state index contributed by atoms with van der Waals surface area (Å²) in [6, 6.07) is 14.8. The molecule has 1 amide bonds. The molecule has 118 valence electrons. The van der Waals surface area contributed by atoms with E-state index in [4.69, 9.17) is 16.4 Å². The van der Waals surface area contributed by atoms with Crippen molar-refractivity contribution in [3.8, 4) is 0 Å². The first kappa shape index (κ1) is 15.3. The minimum atomic E-state index is -0.720. The number of nitrogens with one attached hydrogen (secondary N) is 1. The molecule has 0 radical (unpaired) electrons. The lowest BCUT2D eigenvalue weighted by atomic mass is 10.2. The van der Waals surface area contributed by atoms with Gasteiger partial charge in [-0.05, 0) is 35.9 Å². The van der Waals surface area contributed by atoms with Gasteiger partial charge in [0.2, 0.25) is 6.10 Å². The summed E-state index contributed by atoms with van der Waals surface area (Å²) in [5.74, 6) is -0.237. The molecule has 1 N–H and O–H groups in total. The Balaban J connectivity index is 1.64. The molecular formula is C16H15ClN4O2. The van der Waals surface area contributed by atoms with Crippen molar-refractivity contribution in [3.63, 3.8) is 0 Å². The van der Waals surface area contributed by atoms with Crippen molar-refractivity contribution >= 4 is 28.5 Å². The fourth-order valence-electron chi connectivity index (χ4n) is 2.08. The van der Waals surface area contributed by atoms with E-state index in [0.717, 1.165) is 5.56 Å². The van der Waals surface area contributed by atoms with Gasteiger partial charge in [-0.25, -0.2) is 0 Å². The van der Waals surface area contributed by atoms with E-state index >= 15 is 0 Å². The fraction of sp³-hybridized carbons (Fsp3) is 0.188. The molecule has 2 aromatic carbocycles. The molecular weight excluding hydrogens is 316 g/mol. The molecule has 0 fully saturated rings. The van der Waals surface area contributed by atoms with E-state index in [1.54, 1.807) is 25.1 Å². The standard InChI is InChI=1S/C16H15ClN4O2/c1-11(16(22)18-10-12-5-3-2-4-6-12)23-21-15-9-13(17)7-8-14(15)19-20-21/h2-9,11H,10H2,1H3,(H,18,22)/t11-/m1/s1. The SMILES string of the molecule is C[C@@H](On1nnc2ccc(Cl)cc21)C(=O)NCc1ccccc1. The molecule has 1 heterocycles. The third kappa shape index (κ3) is 3.60. The van der Waals surface area contributed by atoms with Crippen LogP contribution in [0.25, 0.3) is 11.0 Å². The van der Waals surface area contributed by atoms with Gasteiger partial charge in [0.05, 0.1) is 0 Å². The maximum absolute atomic E-state index is 12.1. The van der Waals surface area contributed by atoms with Crippen molar-refractivity contribution in [2.24, 2.45) is 0 Å². The van der Waals surface area contributed by atoms with Crippen molar-refractivity contribution in [1.82, 2.24) is 20.5 Å². The Bertz CT molecular complexity index is 819.